The smallest absolute Gasteiger partial charge is 0.249 e. The normalized spacial score (nSPS) is 10.2. The Labute approximate surface area is 111 Å². The van der Waals surface area contributed by atoms with Gasteiger partial charge in [0.2, 0.25) is 5.91 Å². The van der Waals surface area contributed by atoms with E-state index >= 15 is 0 Å². The third kappa shape index (κ3) is 3.10. The number of benzene rings is 2. The van der Waals surface area contributed by atoms with E-state index < -0.39 is 5.91 Å². The predicted molar refractivity (Wildman–Crippen MR) is 73.4 cm³/mol. The molecule has 0 heterocycles. The molecule has 3 nitrogen and oxygen atoms in total. The van der Waals surface area contributed by atoms with Crippen LogP contribution in [0.1, 0.15) is 21.5 Å². The molecule has 2 aromatic rings. The molecule has 0 radical (unpaired) electrons. The molecule has 19 heavy (non-hydrogen) atoms. The number of amides is 1. The zero-order chi connectivity index (χ0) is 13.8. The van der Waals surface area contributed by atoms with Gasteiger partial charge in [0.1, 0.15) is 5.82 Å². The van der Waals surface area contributed by atoms with Crippen molar-refractivity contribution in [2.75, 3.05) is 5.32 Å². The second-order valence-corrected chi connectivity index (χ2v) is 4.34. The highest BCUT2D eigenvalue weighted by Crippen LogP contribution is 2.16. The van der Waals surface area contributed by atoms with E-state index in [0.717, 1.165) is 11.3 Å². The minimum absolute atomic E-state index is 0.233. The van der Waals surface area contributed by atoms with Crippen LogP contribution in [0.25, 0.3) is 0 Å². The van der Waals surface area contributed by atoms with Crippen molar-refractivity contribution in [3.8, 4) is 0 Å². The van der Waals surface area contributed by atoms with Crippen LogP contribution in [0.15, 0.2) is 42.5 Å². The maximum absolute atomic E-state index is 13.1. The number of carbonyl (C=O) groups is 1. The molecule has 3 N–H and O–H groups in total. The van der Waals surface area contributed by atoms with Crippen LogP contribution in [0, 0.1) is 12.7 Å². The molecule has 1 amide bonds. The Morgan fingerprint density at radius 2 is 2.00 bits per heavy atom. The van der Waals surface area contributed by atoms with Gasteiger partial charge in [0, 0.05) is 17.8 Å². The molecule has 0 aromatic heterocycles. The van der Waals surface area contributed by atoms with E-state index in [2.05, 4.69) is 5.32 Å². The largest absolute Gasteiger partial charge is 0.381 e. The minimum Gasteiger partial charge on any atom is -0.381 e. The Balaban J connectivity index is 2.14. The number of carbonyl (C=O) groups excluding carboxylic acids is 1. The minimum atomic E-state index is -0.451. The molecule has 0 atom stereocenters. The van der Waals surface area contributed by atoms with Gasteiger partial charge in [-0.3, -0.25) is 4.79 Å². The average Bonchev–Trinajstić information content (AvgIpc) is 2.40. The van der Waals surface area contributed by atoms with Gasteiger partial charge in [-0.1, -0.05) is 18.2 Å². The molecule has 0 saturated heterocycles. The Hall–Kier alpha value is -2.36. The number of rotatable bonds is 4. The lowest BCUT2D eigenvalue weighted by Crippen LogP contribution is -2.15. The molecule has 98 valence electrons. The number of primary amides is 1. The van der Waals surface area contributed by atoms with Crippen molar-refractivity contribution in [3.05, 3.63) is 65.0 Å². The zero-order valence-electron chi connectivity index (χ0n) is 10.6. The van der Waals surface area contributed by atoms with E-state index in [9.17, 15) is 9.18 Å². The third-order valence-electron chi connectivity index (χ3n) is 2.92. The van der Waals surface area contributed by atoms with Crippen molar-refractivity contribution in [2.24, 2.45) is 5.73 Å². The molecule has 2 aromatic carbocycles. The van der Waals surface area contributed by atoms with Gasteiger partial charge in [-0.2, -0.15) is 0 Å². The molecule has 0 aliphatic heterocycles. The molecule has 4 heteroatoms. The van der Waals surface area contributed by atoms with Gasteiger partial charge in [-0.15, -0.1) is 0 Å². The summed E-state index contributed by atoms with van der Waals surface area (Å²) in [5, 5.41) is 3.15. The lowest BCUT2D eigenvalue weighted by Gasteiger charge is -2.10. The van der Waals surface area contributed by atoms with E-state index in [4.69, 9.17) is 5.73 Å². The first-order chi connectivity index (χ1) is 9.08. The number of aryl methyl sites for hydroxylation is 1. The van der Waals surface area contributed by atoms with E-state index in [1.54, 1.807) is 31.2 Å². The lowest BCUT2D eigenvalue weighted by molar-refractivity contribution is 0.0999. The van der Waals surface area contributed by atoms with E-state index in [-0.39, 0.29) is 5.82 Å². The number of hydrogen-bond acceptors (Lipinski definition) is 2. The van der Waals surface area contributed by atoms with Crippen molar-refractivity contribution < 1.29 is 9.18 Å². The Bertz CT molecular complexity index is 611. The van der Waals surface area contributed by atoms with Crippen molar-refractivity contribution >= 4 is 11.6 Å². The summed E-state index contributed by atoms with van der Waals surface area (Å²) < 4.78 is 13.1. The van der Waals surface area contributed by atoms with Crippen LogP contribution in [0.2, 0.25) is 0 Å². The van der Waals surface area contributed by atoms with Gasteiger partial charge >= 0.3 is 0 Å². The SMILES string of the molecule is Cc1cc(NCc2ccccc2C(N)=O)ccc1F. The fourth-order valence-corrected chi connectivity index (χ4v) is 1.87. The van der Waals surface area contributed by atoms with Crippen LogP contribution in [-0.4, -0.2) is 5.91 Å². The second kappa shape index (κ2) is 5.52. The van der Waals surface area contributed by atoms with Gasteiger partial charge in [0.25, 0.3) is 0 Å². The number of nitrogens with two attached hydrogens (primary N) is 1. The van der Waals surface area contributed by atoms with Crippen LogP contribution in [0.4, 0.5) is 10.1 Å². The van der Waals surface area contributed by atoms with Gasteiger partial charge in [-0.25, -0.2) is 4.39 Å². The Morgan fingerprint density at radius 3 is 2.68 bits per heavy atom. The maximum atomic E-state index is 13.1. The van der Waals surface area contributed by atoms with Gasteiger partial charge < -0.3 is 11.1 Å². The standard InChI is InChI=1S/C15H15FN2O/c1-10-8-12(6-7-14(10)16)18-9-11-4-2-3-5-13(11)15(17)19/h2-8,18H,9H2,1H3,(H2,17,19). The maximum Gasteiger partial charge on any atom is 0.249 e. The highest BCUT2D eigenvalue weighted by molar-refractivity contribution is 5.94. The molecule has 0 spiro atoms. The van der Waals surface area contributed by atoms with Crippen molar-refractivity contribution in [2.45, 2.75) is 13.5 Å². The van der Waals surface area contributed by atoms with Crippen LogP contribution in [0.5, 0.6) is 0 Å². The van der Waals surface area contributed by atoms with Crippen LogP contribution in [0.3, 0.4) is 0 Å². The fourth-order valence-electron chi connectivity index (χ4n) is 1.87. The molecule has 0 saturated carbocycles. The summed E-state index contributed by atoms with van der Waals surface area (Å²) in [5.74, 6) is -0.684. The highest BCUT2D eigenvalue weighted by Gasteiger charge is 2.06. The summed E-state index contributed by atoms with van der Waals surface area (Å²) in [5.41, 5.74) is 8.00. The Morgan fingerprint density at radius 1 is 1.26 bits per heavy atom. The van der Waals surface area contributed by atoms with Crippen molar-refractivity contribution in [3.63, 3.8) is 0 Å². The summed E-state index contributed by atoms with van der Waals surface area (Å²) in [7, 11) is 0. The van der Waals surface area contributed by atoms with Crippen LogP contribution < -0.4 is 11.1 Å². The first-order valence-corrected chi connectivity index (χ1v) is 5.95. The van der Waals surface area contributed by atoms with Gasteiger partial charge in [0.05, 0.1) is 0 Å². The summed E-state index contributed by atoms with van der Waals surface area (Å²) in [4.78, 5) is 11.3. The first kappa shape index (κ1) is 13.1. The third-order valence-corrected chi connectivity index (χ3v) is 2.92. The number of anilines is 1. The topological polar surface area (TPSA) is 55.1 Å². The summed E-state index contributed by atoms with van der Waals surface area (Å²) in [6.07, 6.45) is 0. The monoisotopic (exact) mass is 258 g/mol. The van der Waals surface area contributed by atoms with Gasteiger partial charge in [-0.05, 0) is 42.3 Å². The van der Waals surface area contributed by atoms with Crippen molar-refractivity contribution in [1.82, 2.24) is 0 Å². The fraction of sp³-hybridized carbons (Fsp3) is 0.133. The second-order valence-electron chi connectivity index (χ2n) is 4.34. The van der Waals surface area contributed by atoms with Crippen LogP contribution >= 0.6 is 0 Å². The lowest BCUT2D eigenvalue weighted by atomic mass is 10.1. The van der Waals surface area contributed by atoms with E-state index in [1.165, 1.54) is 6.07 Å². The molecule has 2 rings (SSSR count). The highest BCUT2D eigenvalue weighted by atomic mass is 19.1. The summed E-state index contributed by atoms with van der Waals surface area (Å²) in [6, 6.07) is 11.9. The molecule has 0 aliphatic carbocycles. The average molecular weight is 258 g/mol. The molecular weight excluding hydrogens is 243 g/mol. The van der Waals surface area contributed by atoms with Gasteiger partial charge in [0.15, 0.2) is 0 Å². The zero-order valence-corrected chi connectivity index (χ0v) is 10.6. The molecule has 0 aliphatic rings. The van der Waals surface area contributed by atoms with E-state index in [1.807, 2.05) is 12.1 Å². The molecule has 0 unspecified atom stereocenters. The number of halogens is 1. The quantitative estimate of drug-likeness (QED) is 0.886. The summed E-state index contributed by atoms with van der Waals surface area (Å²) >= 11 is 0. The Kier molecular flexibility index (Phi) is 3.80. The number of nitrogens with one attached hydrogen (secondary N) is 1. The van der Waals surface area contributed by atoms with Crippen molar-refractivity contribution in [1.29, 1.82) is 0 Å². The predicted octanol–water partition coefficient (Wildman–Crippen LogP) is 2.85. The molecular formula is C15H15FN2O. The molecule has 0 bridgehead atoms. The van der Waals surface area contributed by atoms with E-state index in [0.29, 0.717) is 17.7 Å². The van der Waals surface area contributed by atoms with Crippen LogP contribution in [-0.2, 0) is 6.54 Å². The first-order valence-electron chi connectivity index (χ1n) is 5.95. The molecule has 0 fully saturated rings. The summed E-state index contributed by atoms with van der Waals surface area (Å²) in [6.45, 7) is 2.17. The number of hydrogen-bond donors (Lipinski definition) is 2.